The van der Waals surface area contributed by atoms with Crippen LogP contribution < -0.4 is 5.32 Å². The molecule has 0 saturated carbocycles. The summed E-state index contributed by atoms with van der Waals surface area (Å²) in [6, 6.07) is 0. The average molecular weight is 330 g/mol. The SMILES string of the molecule is C=CCNC(=NCc1nnc(C)n1C)N1CC2C3CCC(O3)C2C1. The zero-order valence-electron chi connectivity index (χ0n) is 14.5. The van der Waals surface area contributed by atoms with Crippen LogP contribution in [0.1, 0.15) is 24.5 Å². The highest BCUT2D eigenvalue weighted by molar-refractivity contribution is 5.80. The molecule has 2 bridgehead atoms. The molecule has 7 nitrogen and oxygen atoms in total. The fourth-order valence-corrected chi connectivity index (χ4v) is 4.30. The number of nitrogens with zero attached hydrogens (tertiary/aromatic N) is 5. The van der Waals surface area contributed by atoms with Crippen LogP contribution in [0, 0.1) is 18.8 Å². The summed E-state index contributed by atoms with van der Waals surface area (Å²) >= 11 is 0. The van der Waals surface area contributed by atoms with Gasteiger partial charge in [0.05, 0.1) is 12.2 Å². The van der Waals surface area contributed by atoms with E-state index in [9.17, 15) is 0 Å². The van der Waals surface area contributed by atoms with Crippen molar-refractivity contribution in [3.05, 3.63) is 24.3 Å². The van der Waals surface area contributed by atoms with Gasteiger partial charge in [-0.05, 0) is 19.8 Å². The molecule has 0 radical (unpaired) electrons. The maximum atomic E-state index is 6.07. The van der Waals surface area contributed by atoms with Crippen molar-refractivity contribution in [2.24, 2.45) is 23.9 Å². The molecule has 1 N–H and O–H groups in total. The number of guanidine groups is 1. The van der Waals surface area contributed by atoms with Gasteiger partial charge in [0.25, 0.3) is 0 Å². The van der Waals surface area contributed by atoms with Gasteiger partial charge in [0.1, 0.15) is 12.4 Å². The first-order chi connectivity index (χ1) is 11.7. The van der Waals surface area contributed by atoms with Gasteiger partial charge in [0, 0.05) is 38.5 Å². The highest BCUT2D eigenvalue weighted by Gasteiger charge is 2.53. The third kappa shape index (κ3) is 2.60. The lowest BCUT2D eigenvalue weighted by atomic mass is 9.82. The van der Waals surface area contributed by atoms with Gasteiger partial charge >= 0.3 is 0 Å². The topological polar surface area (TPSA) is 67.6 Å². The van der Waals surface area contributed by atoms with Crippen LogP contribution in [0.15, 0.2) is 17.6 Å². The van der Waals surface area contributed by atoms with E-state index in [-0.39, 0.29) is 0 Å². The summed E-state index contributed by atoms with van der Waals surface area (Å²) < 4.78 is 8.06. The predicted octanol–water partition coefficient (Wildman–Crippen LogP) is 0.864. The number of rotatable bonds is 4. The summed E-state index contributed by atoms with van der Waals surface area (Å²) in [7, 11) is 1.98. The molecule has 3 saturated heterocycles. The van der Waals surface area contributed by atoms with Gasteiger partial charge in [-0.3, -0.25) is 0 Å². The van der Waals surface area contributed by atoms with E-state index in [1.165, 1.54) is 12.8 Å². The Morgan fingerprint density at radius 2 is 2.04 bits per heavy atom. The van der Waals surface area contributed by atoms with E-state index < -0.39 is 0 Å². The smallest absolute Gasteiger partial charge is 0.194 e. The van der Waals surface area contributed by atoms with Crippen LogP contribution in [0.25, 0.3) is 0 Å². The summed E-state index contributed by atoms with van der Waals surface area (Å²) in [5.74, 6) is 4.07. The Bertz CT molecular complexity index is 636. The largest absolute Gasteiger partial charge is 0.374 e. The van der Waals surface area contributed by atoms with Crippen molar-refractivity contribution in [2.75, 3.05) is 19.6 Å². The van der Waals surface area contributed by atoms with E-state index in [2.05, 4.69) is 27.0 Å². The number of ether oxygens (including phenoxy) is 1. The Kier molecular flexibility index (Phi) is 4.04. The molecule has 130 valence electrons. The first-order valence-electron chi connectivity index (χ1n) is 8.82. The number of nitrogens with one attached hydrogen (secondary N) is 1. The third-order valence-corrected chi connectivity index (χ3v) is 5.71. The maximum absolute atomic E-state index is 6.07. The van der Waals surface area contributed by atoms with E-state index in [4.69, 9.17) is 9.73 Å². The van der Waals surface area contributed by atoms with Crippen molar-refractivity contribution < 1.29 is 4.74 Å². The van der Waals surface area contributed by atoms with Crippen LogP contribution >= 0.6 is 0 Å². The fraction of sp³-hybridized carbons (Fsp3) is 0.706. The minimum absolute atomic E-state index is 0.465. The molecular formula is C17H26N6O. The Labute approximate surface area is 142 Å². The molecule has 4 atom stereocenters. The minimum atomic E-state index is 0.465. The molecule has 3 aliphatic heterocycles. The Hall–Kier alpha value is -1.89. The van der Waals surface area contributed by atoms with Crippen molar-refractivity contribution in [2.45, 2.75) is 38.5 Å². The second-order valence-corrected chi connectivity index (χ2v) is 7.05. The van der Waals surface area contributed by atoms with Crippen LogP contribution in [0.3, 0.4) is 0 Å². The minimum Gasteiger partial charge on any atom is -0.374 e. The summed E-state index contributed by atoms with van der Waals surface area (Å²) in [4.78, 5) is 7.19. The molecule has 0 spiro atoms. The first kappa shape index (κ1) is 15.6. The Morgan fingerprint density at radius 1 is 1.33 bits per heavy atom. The standard InChI is InChI=1S/C17H26N6O/c1-4-7-18-17(19-8-16-21-20-11(2)22(16)3)23-9-12-13(10-23)15-6-5-14(12)24-15/h4,12-15H,1,5-10H2,2-3H3,(H,18,19). The van der Waals surface area contributed by atoms with Crippen LogP contribution in [0.4, 0.5) is 0 Å². The molecule has 24 heavy (non-hydrogen) atoms. The van der Waals surface area contributed by atoms with Gasteiger partial charge in [0.2, 0.25) is 0 Å². The highest BCUT2D eigenvalue weighted by Crippen LogP contribution is 2.47. The van der Waals surface area contributed by atoms with Gasteiger partial charge in [-0.1, -0.05) is 6.08 Å². The van der Waals surface area contributed by atoms with E-state index in [1.54, 1.807) is 0 Å². The molecular weight excluding hydrogens is 304 g/mol. The molecule has 0 aliphatic carbocycles. The van der Waals surface area contributed by atoms with Crippen molar-refractivity contribution in [1.82, 2.24) is 25.0 Å². The molecule has 3 aliphatic rings. The molecule has 1 aromatic heterocycles. The zero-order chi connectivity index (χ0) is 16.7. The number of likely N-dealkylation sites (tertiary alicyclic amines) is 1. The molecule has 7 heteroatoms. The molecule has 4 rings (SSSR count). The number of aliphatic imine (C=N–C) groups is 1. The van der Waals surface area contributed by atoms with E-state index >= 15 is 0 Å². The van der Waals surface area contributed by atoms with Crippen LogP contribution in [-0.4, -0.2) is 57.5 Å². The van der Waals surface area contributed by atoms with E-state index in [0.29, 0.717) is 37.1 Å². The van der Waals surface area contributed by atoms with Gasteiger partial charge < -0.3 is 19.5 Å². The first-order valence-corrected chi connectivity index (χ1v) is 8.82. The van der Waals surface area contributed by atoms with Crippen LogP contribution in [-0.2, 0) is 18.3 Å². The van der Waals surface area contributed by atoms with Crippen molar-refractivity contribution in [3.63, 3.8) is 0 Å². The number of fused-ring (bicyclic) bond motifs is 5. The second kappa shape index (κ2) is 6.20. The monoisotopic (exact) mass is 330 g/mol. The van der Waals surface area contributed by atoms with Gasteiger partial charge in [-0.25, -0.2) is 4.99 Å². The molecule has 1 aromatic rings. The molecule has 0 aromatic carbocycles. The zero-order valence-corrected chi connectivity index (χ0v) is 14.5. The number of aryl methyl sites for hydroxylation is 1. The normalized spacial score (nSPS) is 31.6. The predicted molar refractivity (Wildman–Crippen MR) is 91.5 cm³/mol. The summed E-state index contributed by atoms with van der Waals surface area (Å²) in [5.41, 5.74) is 0. The summed E-state index contributed by atoms with van der Waals surface area (Å²) in [5, 5.41) is 11.7. The number of hydrogen-bond donors (Lipinski definition) is 1. The van der Waals surface area contributed by atoms with Gasteiger partial charge in [-0.2, -0.15) is 0 Å². The maximum Gasteiger partial charge on any atom is 0.194 e. The lowest BCUT2D eigenvalue weighted by Gasteiger charge is -2.23. The number of aromatic nitrogens is 3. The summed E-state index contributed by atoms with van der Waals surface area (Å²) in [6.45, 7) is 9.07. The lowest BCUT2D eigenvalue weighted by molar-refractivity contribution is 0.0767. The van der Waals surface area contributed by atoms with E-state index in [1.807, 2.05) is 24.6 Å². The van der Waals surface area contributed by atoms with Crippen molar-refractivity contribution in [1.29, 1.82) is 0 Å². The van der Waals surface area contributed by atoms with Crippen molar-refractivity contribution >= 4 is 5.96 Å². The van der Waals surface area contributed by atoms with E-state index in [0.717, 1.165) is 30.7 Å². The fourth-order valence-electron chi connectivity index (χ4n) is 4.30. The highest BCUT2D eigenvalue weighted by atomic mass is 16.5. The second-order valence-electron chi connectivity index (χ2n) is 7.05. The number of hydrogen-bond acceptors (Lipinski definition) is 4. The molecule has 3 fully saturated rings. The van der Waals surface area contributed by atoms with Crippen LogP contribution in [0.5, 0.6) is 0 Å². The van der Waals surface area contributed by atoms with Gasteiger partial charge in [-0.15, -0.1) is 16.8 Å². The average Bonchev–Trinajstić information content (AvgIpc) is 3.32. The Balaban J connectivity index is 1.48. The molecule has 4 heterocycles. The quantitative estimate of drug-likeness (QED) is 0.504. The molecule has 0 amide bonds. The summed E-state index contributed by atoms with van der Waals surface area (Å²) in [6.07, 6.45) is 5.25. The molecule has 4 unspecified atom stereocenters. The van der Waals surface area contributed by atoms with Crippen molar-refractivity contribution in [3.8, 4) is 0 Å². The lowest BCUT2D eigenvalue weighted by Crippen LogP contribution is -2.41. The van der Waals surface area contributed by atoms with Gasteiger partial charge in [0.15, 0.2) is 11.8 Å². The Morgan fingerprint density at radius 3 is 2.62 bits per heavy atom. The third-order valence-electron chi connectivity index (χ3n) is 5.71. The van der Waals surface area contributed by atoms with Crippen LogP contribution in [0.2, 0.25) is 0 Å².